The van der Waals surface area contributed by atoms with Crippen molar-refractivity contribution in [1.82, 2.24) is 9.88 Å². The normalized spacial score (nSPS) is 15.5. The SMILES string of the molecule is O=C(c1ccc(NC(O)(O)c2cccc3cccnc23)cc1)N1CCC(CO)(Cc2ccccc2)CC1. The monoisotopic (exact) mass is 497 g/mol. The van der Waals surface area contributed by atoms with Crippen molar-refractivity contribution in [3.05, 3.63) is 108 Å². The Morgan fingerprint density at radius 3 is 2.32 bits per heavy atom. The minimum Gasteiger partial charge on any atom is -0.396 e. The Labute approximate surface area is 216 Å². The average Bonchev–Trinajstić information content (AvgIpc) is 2.93. The summed E-state index contributed by atoms with van der Waals surface area (Å²) in [6.07, 6.45) is 3.87. The van der Waals surface area contributed by atoms with Gasteiger partial charge in [0.05, 0.1) is 11.1 Å². The van der Waals surface area contributed by atoms with Crippen LogP contribution in [-0.4, -0.2) is 50.8 Å². The number of hydrogen-bond donors (Lipinski definition) is 4. The fraction of sp³-hybridized carbons (Fsp3) is 0.267. The Balaban J connectivity index is 1.24. The molecule has 7 nitrogen and oxygen atoms in total. The molecule has 1 fully saturated rings. The van der Waals surface area contributed by atoms with E-state index in [0.717, 1.165) is 24.6 Å². The van der Waals surface area contributed by atoms with Crippen LogP contribution in [0, 0.1) is 5.41 Å². The van der Waals surface area contributed by atoms with Crippen LogP contribution in [0.4, 0.5) is 5.69 Å². The molecular weight excluding hydrogens is 466 g/mol. The van der Waals surface area contributed by atoms with E-state index >= 15 is 0 Å². The fourth-order valence-electron chi connectivity index (χ4n) is 5.14. The topological polar surface area (TPSA) is 106 Å². The zero-order chi connectivity index (χ0) is 25.9. The molecule has 1 aliphatic rings. The van der Waals surface area contributed by atoms with E-state index in [2.05, 4.69) is 22.4 Å². The second-order valence-corrected chi connectivity index (χ2v) is 9.87. The molecular formula is C30H31N3O4. The Morgan fingerprint density at radius 2 is 1.62 bits per heavy atom. The van der Waals surface area contributed by atoms with E-state index in [1.54, 1.807) is 48.7 Å². The fourth-order valence-corrected chi connectivity index (χ4v) is 5.14. The van der Waals surface area contributed by atoms with Crippen LogP contribution in [0.25, 0.3) is 10.9 Å². The van der Waals surface area contributed by atoms with Crippen LogP contribution in [0.5, 0.6) is 0 Å². The summed E-state index contributed by atoms with van der Waals surface area (Å²) >= 11 is 0. The number of aliphatic hydroxyl groups is 3. The number of anilines is 1. The molecule has 0 radical (unpaired) electrons. The highest BCUT2D eigenvalue weighted by Crippen LogP contribution is 2.35. The maximum absolute atomic E-state index is 13.2. The van der Waals surface area contributed by atoms with Gasteiger partial charge in [-0.1, -0.05) is 48.5 Å². The predicted molar refractivity (Wildman–Crippen MR) is 143 cm³/mol. The van der Waals surface area contributed by atoms with Gasteiger partial charge in [-0.25, -0.2) is 0 Å². The highest BCUT2D eigenvalue weighted by Gasteiger charge is 2.36. The molecule has 3 aromatic carbocycles. The van der Waals surface area contributed by atoms with Crippen molar-refractivity contribution in [2.24, 2.45) is 5.41 Å². The van der Waals surface area contributed by atoms with Crippen molar-refractivity contribution in [1.29, 1.82) is 0 Å². The number of carbonyl (C=O) groups excluding carboxylic acids is 1. The van der Waals surface area contributed by atoms with E-state index in [0.29, 0.717) is 29.9 Å². The number of aliphatic hydroxyl groups excluding tert-OH is 1. The van der Waals surface area contributed by atoms with Crippen molar-refractivity contribution in [3.8, 4) is 0 Å². The van der Waals surface area contributed by atoms with Gasteiger partial charge in [0.15, 0.2) is 0 Å². The molecule has 0 bridgehead atoms. The lowest BCUT2D eigenvalue weighted by molar-refractivity contribution is -0.142. The van der Waals surface area contributed by atoms with Gasteiger partial charge < -0.3 is 25.5 Å². The van der Waals surface area contributed by atoms with Crippen LogP contribution in [0.1, 0.15) is 34.3 Å². The molecule has 5 rings (SSSR count). The molecule has 1 amide bonds. The molecule has 0 saturated carbocycles. The number of piperidine rings is 1. The lowest BCUT2D eigenvalue weighted by Gasteiger charge is -2.41. The lowest BCUT2D eigenvalue weighted by atomic mass is 9.74. The van der Waals surface area contributed by atoms with Gasteiger partial charge in [-0.15, -0.1) is 0 Å². The molecule has 37 heavy (non-hydrogen) atoms. The van der Waals surface area contributed by atoms with Crippen LogP contribution < -0.4 is 5.32 Å². The molecule has 190 valence electrons. The van der Waals surface area contributed by atoms with Gasteiger partial charge in [-0.05, 0) is 61.2 Å². The first-order valence-electron chi connectivity index (χ1n) is 12.5. The summed E-state index contributed by atoms with van der Waals surface area (Å²) in [6, 6.07) is 25.7. The minimum absolute atomic E-state index is 0.0738. The van der Waals surface area contributed by atoms with Crippen LogP contribution >= 0.6 is 0 Å². The standard InChI is InChI=1S/C30H31N3O4/c34-21-29(20-22-6-2-1-3-7-22)15-18-33(19-16-29)28(35)24-11-13-25(14-12-24)32-30(36,37)26-10-4-8-23-9-5-17-31-27(23)26/h1-14,17,32,34,36-37H,15-16,18-21H2. The molecule has 2 heterocycles. The van der Waals surface area contributed by atoms with E-state index < -0.39 is 5.91 Å². The molecule has 0 aliphatic carbocycles. The van der Waals surface area contributed by atoms with Gasteiger partial charge in [-0.2, -0.15) is 0 Å². The lowest BCUT2D eigenvalue weighted by Crippen LogP contribution is -2.45. The number of benzene rings is 3. The zero-order valence-electron chi connectivity index (χ0n) is 20.5. The van der Waals surface area contributed by atoms with Crippen LogP contribution in [0.2, 0.25) is 0 Å². The number of nitrogens with zero attached hydrogens (tertiary/aromatic N) is 2. The summed E-state index contributed by atoms with van der Waals surface area (Å²) in [5.74, 6) is -2.42. The third-order valence-corrected chi connectivity index (χ3v) is 7.33. The van der Waals surface area contributed by atoms with Crippen molar-refractivity contribution < 1.29 is 20.1 Å². The number of amides is 1. The molecule has 4 aromatic rings. The second-order valence-electron chi connectivity index (χ2n) is 9.87. The first kappa shape index (κ1) is 24.9. The summed E-state index contributed by atoms with van der Waals surface area (Å²) < 4.78 is 0. The largest absolute Gasteiger partial charge is 0.396 e. The summed E-state index contributed by atoms with van der Waals surface area (Å²) in [5.41, 5.74) is 2.69. The number of hydrogen-bond acceptors (Lipinski definition) is 6. The number of carbonyl (C=O) groups is 1. The van der Waals surface area contributed by atoms with E-state index in [4.69, 9.17) is 0 Å². The van der Waals surface area contributed by atoms with Crippen LogP contribution in [0.15, 0.2) is 91.1 Å². The van der Waals surface area contributed by atoms with Crippen molar-refractivity contribution in [3.63, 3.8) is 0 Å². The Hall–Kier alpha value is -3.78. The van der Waals surface area contributed by atoms with E-state index in [1.807, 2.05) is 35.2 Å². The number of fused-ring (bicyclic) bond motifs is 1. The Bertz CT molecular complexity index is 1360. The van der Waals surface area contributed by atoms with Crippen LogP contribution in [-0.2, 0) is 12.3 Å². The summed E-state index contributed by atoms with van der Waals surface area (Å²) in [4.78, 5) is 19.3. The number of pyridine rings is 1. The number of aromatic nitrogens is 1. The predicted octanol–water partition coefficient (Wildman–Crippen LogP) is 3.90. The molecule has 1 aromatic heterocycles. The molecule has 1 saturated heterocycles. The Morgan fingerprint density at radius 1 is 0.919 bits per heavy atom. The van der Waals surface area contributed by atoms with Gasteiger partial charge in [0.25, 0.3) is 11.8 Å². The van der Waals surface area contributed by atoms with Gasteiger partial charge in [-0.3, -0.25) is 9.78 Å². The van der Waals surface area contributed by atoms with E-state index in [9.17, 15) is 20.1 Å². The van der Waals surface area contributed by atoms with E-state index in [-0.39, 0.29) is 23.5 Å². The van der Waals surface area contributed by atoms with Crippen LogP contribution in [0.3, 0.4) is 0 Å². The van der Waals surface area contributed by atoms with Crippen molar-refractivity contribution >= 4 is 22.5 Å². The molecule has 0 unspecified atom stereocenters. The molecule has 7 heteroatoms. The van der Waals surface area contributed by atoms with Gasteiger partial charge in [0.2, 0.25) is 0 Å². The zero-order valence-corrected chi connectivity index (χ0v) is 20.5. The third kappa shape index (κ3) is 5.34. The van der Waals surface area contributed by atoms with Crippen molar-refractivity contribution in [2.45, 2.75) is 25.2 Å². The maximum Gasteiger partial charge on any atom is 0.274 e. The molecule has 1 aliphatic heterocycles. The number of nitrogens with one attached hydrogen (secondary N) is 1. The quantitative estimate of drug-likeness (QED) is 0.289. The van der Waals surface area contributed by atoms with E-state index in [1.165, 1.54) is 5.56 Å². The highest BCUT2D eigenvalue weighted by atomic mass is 16.5. The number of rotatable bonds is 7. The molecule has 0 spiro atoms. The first-order chi connectivity index (χ1) is 17.9. The second kappa shape index (κ2) is 10.3. The smallest absolute Gasteiger partial charge is 0.274 e. The summed E-state index contributed by atoms with van der Waals surface area (Å²) in [5, 5.41) is 35.3. The maximum atomic E-state index is 13.2. The van der Waals surface area contributed by atoms with Gasteiger partial charge in [0, 0.05) is 47.9 Å². The Kier molecular flexibility index (Phi) is 6.93. The summed E-state index contributed by atoms with van der Waals surface area (Å²) in [6.45, 7) is 1.26. The van der Waals surface area contributed by atoms with Gasteiger partial charge in [0.1, 0.15) is 0 Å². The third-order valence-electron chi connectivity index (χ3n) is 7.33. The first-order valence-corrected chi connectivity index (χ1v) is 12.5. The average molecular weight is 498 g/mol. The number of para-hydroxylation sites is 1. The molecule has 4 N–H and O–H groups in total. The number of likely N-dealkylation sites (tertiary alicyclic amines) is 1. The minimum atomic E-state index is -2.35. The van der Waals surface area contributed by atoms with Crippen molar-refractivity contribution in [2.75, 3.05) is 25.0 Å². The van der Waals surface area contributed by atoms with Gasteiger partial charge >= 0.3 is 0 Å². The highest BCUT2D eigenvalue weighted by molar-refractivity contribution is 5.94. The molecule has 0 atom stereocenters. The summed E-state index contributed by atoms with van der Waals surface area (Å²) in [7, 11) is 0.